The number of aliphatic hydroxyl groups is 1. The van der Waals surface area contributed by atoms with Gasteiger partial charge in [-0.25, -0.2) is 0 Å². The first kappa shape index (κ1) is 20.5. The molecule has 0 amide bonds. The molecule has 0 fully saturated rings. The smallest absolute Gasteiger partial charge is 0.168 e. The zero-order valence-corrected chi connectivity index (χ0v) is 18.4. The molecule has 0 saturated heterocycles. The molecule has 0 unspecified atom stereocenters. The number of aromatic nitrogens is 3. The maximum atomic E-state index is 13.0. The van der Waals surface area contributed by atoms with E-state index in [0.29, 0.717) is 0 Å². The second-order valence-electron chi connectivity index (χ2n) is 8.60. The van der Waals surface area contributed by atoms with E-state index in [9.17, 15) is 9.90 Å². The molecule has 0 atom stereocenters. The second kappa shape index (κ2) is 8.30. The molecule has 0 radical (unpaired) electrons. The van der Waals surface area contributed by atoms with E-state index in [4.69, 9.17) is 0 Å². The fourth-order valence-corrected chi connectivity index (χ4v) is 4.48. The highest BCUT2D eigenvalue weighted by atomic mass is 16.3. The molecule has 0 bridgehead atoms. The number of hydrogen-bond donors (Lipinski definition) is 1. The third kappa shape index (κ3) is 3.83. The zero-order chi connectivity index (χ0) is 22.2. The van der Waals surface area contributed by atoms with Crippen molar-refractivity contribution in [3.8, 4) is 11.1 Å². The van der Waals surface area contributed by atoms with Crippen LogP contribution in [-0.4, -0.2) is 44.1 Å². The van der Waals surface area contributed by atoms with E-state index in [0.717, 1.165) is 58.4 Å². The lowest BCUT2D eigenvalue weighted by molar-refractivity contribution is 0.0992. The molecule has 1 aliphatic rings. The van der Waals surface area contributed by atoms with Crippen molar-refractivity contribution in [1.29, 1.82) is 0 Å². The molecule has 1 N–H and O–H groups in total. The molecule has 2 aromatic carbocycles. The van der Waals surface area contributed by atoms with E-state index in [2.05, 4.69) is 40.2 Å². The highest BCUT2D eigenvalue weighted by molar-refractivity contribution is 5.98. The van der Waals surface area contributed by atoms with Gasteiger partial charge < -0.3 is 10.0 Å². The van der Waals surface area contributed by atoms with Crippen LogP contribution in [0.4, 0.5) is 0 Å². The predicted molar refractivity (Wildman–Crippen MR) is 124 cm³/mol. The van der Waals surface area contributed by atoms with Gasteiger partial charge in [-0.15, -0.1) is 0 Å². The van der Waals surface area contributed by atoms with Crippen molar-refractivity contribution in [3.63, 3.8) is 0 Å². The molecule has 3 heterocycles. The number of ketones is 1. The second-order valence-corrected chi connectivity index (χ2v) is 8.60. The molecule has 32 heavy (non-hydrogen) atoms. The van der Waals surface area contributed by atoms with Gasteiger partial charge in [0.15, 0.2) is 5.78 Å². The summed E-state index contributed by atoms with van der Waals surface area (Å²) in [7, 11) is 3.94. The lowest BCUT2D eigenvalue weighted by Gasteiger charge is -2.25. The van der Waals surface area contributed by atoms with Crippen LogP contribution in [0.1, 0.15) is 32.9 Å². The molecular weight excluding hydrogens is 400 g/mol. The molecule has 2 aromatic heterocycles. The third-order valence-corrected chi connectivity index (χ3v) is 6.37. The first-order chi connectivity index (χ1) is 15.5. The Kier molecular flexibility index (Phi) is 5.33. The Balaban J connectivity index is 1.41. The average Bonchev–Trinajstić information content (AvgIpc) is 3.18. The summed E-state index contributed by atoms with van der Waals surface area (Å²) < 4.78 is 1.69. The predicted octanol–water partition coefficient (Wildman–Crippen LogP) is 3.54. The first-order valence-electron chi connectivity index (χ1n) is 10.9. The minimum absolute atomic E-state index is 0.0724. The van der Waals surface area contributed by atoms with Gasteiger partial charge in [0, 0.05) is 48.5 Å². The van der Waals surface area contributed by atoms with E-state index >= 15 is 0 Å². The molecular formula is C26H26N4O2. The van der Waals surface area contributed by atoms with Crippen molar-refractivity contribution in [2.75, 3.05) is 13.6 Å². The summed E-state index contributed by atoms with van der Waals surface area (Å²) in [5.41, 5.74) is 6.76. The molecule has 4 aromatic rings. The molecule has 0 spiro atoms. The maximum Gasteiger partial charge on any atom is 0.168 e. The van der Waals surface area contributed by atoms with Gasteiger partial charge in [0.25, 0.3) is 0 Å². The monoisotopic (exact) mass is 426 g/mol. The van der Waals surface area contributed by atoms with Crippen LogP contribution in [0.3, 0.4) is 0 Å². The Morgan fingerprint density at radius 1 is 1.03 bits per heavy atom. The van der Waals surface area contributed by atoms with Crippen LogP contribution in [0.25, 0.3) is 21.9 Å². The largest absolute Gasteiger partial charge is 0.390 e. The Labute approximate surface area is 187 Å². The number of Topliss-reactive ketones (excluding diaryl/α,β-unsaturated/α-hetero) is 1. The highest BCUT2D eigenvalue weighted by Gasteiger charge is 2.16. The molecule has 0 saturated carbocycles. The molecule has 162 valence electrons. The topological polar surface area (TPSA) is 71.2 Å². The van der Waals surface area contributed by atoms with Crippen molar-refractivity contribution in [2.45, 2.75) is 26.0 Å². The number of hydrogen-bond acceptors (Lipinski definition) is 5. The normalized spacial score (nSPS) is 14.0. The summed E-state index contributed by atoms with van der Waals surface area (Å²) in [6.45, 7) is 1.89. The van der Waals surface area contributed by atoms with Crippen LogP contribution in [0, 0.1) is 0 Å². The van der Waals surface area contributed by atoms with Gasteiger partial charge in [-0.05, 0) is 53.7 Å². The Morgan fingerprint density at radius 3 is 2.75 bits per heavy atom. The van der Waals surface area contributed by atoms with Crippen LogP contribution in [-0.2, 0) is 33.0 Å². The average molecular weight is 427 g/mol. The Morgan fingerprint density at radius 2 is 1.91 bits per heavy atom. The Hall–Kier alpha value is -3.35. The zero-order valence-electron chi connectivity index (χ0n) is 18.4. The van der Waals surface area contributed by atoms with Gasteiger partial charge in [-0.1, -0.05) is 24.3 Å². The number of likely N-dealkylation sites (N-methyl/N-ethyl adjacent to an activating group) is 1. The number of rotatable bonds is 5. The minimum atomic E-state index is -0.0724. The number of carbonyl (C=O) groups excluding carboxylic acids is 1. The Bertz CT molecular complexity index is 1320. The molecule has 5 rings (SSSR count). The quantitative estimate of drug-likeness (QED) is 0.494. The first-order valence-corrected chi connectivity index (χ1v) is 10.9. The summed E-state index contributed by atoms with van der Waals surface area (Å²) in [6, 6.07) is 14.2. The van der Waals surface area contributed by atoms with Gasteiger partial charge in [-0.3, -0.25) is 14.5 Å². The van der Waals surface area contributed by atoms with Crippen molar-refractivity contribution >= 4 is 16.6 Å². The molecule has 6 nitrogen and oxygen atoms in total. The van der Waals surface area contributed by atoms with Gasteiger partial charge in [0.1, 0.15) is 0 Å². The number of fused-ring (bicyclic) bond motifs is 2. The summed E-state index contributed by atoms with van der Waals surface area (Å²) in [5, 5.41) is 16.0. The molecule has 6 heteroatoms. The molecule has 0 aliphatic carbocycles. The van der Waals surface area contributed by atoms with Crippen LogP contribution < -0.4 is 0 Å². The lowest BCUT2D eigenvalue weighted by atomic mass is 9.95. The number of aryl methyl sites for hydroxylation is 1. The van der Waals surface area contributed by atoms with Crippen molar-refractivity contribution in [1.82, 2.24) is 19.7 Å². The van der Waals surface area contributed by atoms with Gasteiger partial charge in [-0.2, -0.15) is 5.10 Å². The van der Waals surface area contributed by atoms with Gasteiger partial charge >= 0.3 is 0 Å². The van der Waals surface area contributed by atoms with Crippen molar-refractivity contribution in [2.24, 2.45) is 7.05 Å². The maximum absolute atomic E-state index is 13.0. The number of benzene rings is 2. The third-order valence-electron chi connectivity index (χ3n) is 6.37. The summed E-state index contributed by atoms with van der Waals surface area (Å²) in [5.74, 6) is 0.0876. The van der Waals surface area contributed by atoms with Crippen LogP contribution in [0.2, 0.25) is 0 Å². The van der Waals surface area contributed by atoms with E-state index in [1.165, 1.54) is 11.1 Å². The van der Waals surface area contributed by atoms with Crippen LogP contribution in [0.5, 0.6) is 0 Å². The van der Waals surface area contributed by atoms with Gasteiger partial charge in [0.2, 0.25) is 0 Å². The van der Waals surface area contributed by atoms with Crippen molar-refractivity contribution in [3.05, 3.63) is 82.9 Å². The van der Waals surface area contributed by atoms with E-state index in [1.54, 1.807) is 10.9 Å². The van der Waals surface area contributed by atoms with Crippen LogP contribution >= 0.6 is 0 Å². The van der Waals surface area contributed by atoms with E-state index < -0.39 is 0 Å². The summed E-state index contributed by atoms with van der Waals surface area (Å²) in [4.78, 5) is 19.8. The minimum Gasteiger partial charge on any atom is -0.390 e. The fourth-order valence-electron chi connectivity index (χ4n) is 4.48. The summed E-state index contributed by atoms with van der Waals surface area (Å²) in [6.07, 6.45) is 4.84. The van der Waals surface area contributed by atoms with E-state index in [-0.39, 0.29) is 18.8 Å². The van der Waals surface area contributed by atoms with E-state index in [1.807, 2.05) is 37.5 Å². The summed E-state index contributed by atoms with van der Waals surface area (Å²) >= 11 is 0. The number of nitrogens with zero attached hydrogens (tertiary/aromatic N) is 4. The number of pyridine rings is 1. The number of aliphatic hydroxyl groups excluding tert-OH is 1. The highest BCUT2D eigenvalue weighted by Crippen LogP contribution is 2.27. The van der Waals surface area contributed by atoms with Crippen LogP contribution in [0.15, 0.2) is 54.9 Å². The van der Waals surface area contributed by atoms with Crippen molar-refractivity contribution < 1.29 is 9.90 Å². The SMILES string of the molecule is CN1CCc2cc(C(=O)Cc3cc4cc(-c5cnn(C)c5CO)ccc4cn3)ccc2C1. The van der Waals surface area contributed by atoms with Gasteiger partial charge in [0.05, 0.1) is 24.9 Å². The fraction of sp³-hybridized carbons (Fsp3) is 0.269. The molecule has 1 aliphatic heterocycles. The number of carbonyl (C=O) groups is 1. The lowest BCUT2D eigenvalue weighted by Crippen LogP contribution is -2.26. The standard InChI is InChI=1S/C26H26N4O2/c1-29-8-7-17-9-19(4-6-21(17)15-29)26(32)12-23-11-22-10-18(3-5-20(22)13-27-23)24-14-28-30(2)25(24)16-31/h3-6,9-11,13-14,31H,7-8,12,15-16H2,1-2H3.